The van der Waals surface area contributed by atoms with Gasteiger partial charge in [-0.05, 0) is 56.3 Å². The highest BCUT2D eigenvalue weighted by Crippen LogP contribution is 2.30. The van der Waals surface area contributed by atoms with E-state index in [0.29, 0.717) is 29.2 Å². The topological polar surface area (TPSA) is 91.0 Å². The molecule has 0 atom stereocenters. The Balaban J connectivity index is 2.27. The highest BCUT2D eigenvalue weighted by Gasteiger charge is 2.16. The number of nitrogens with zero attached hydrogens (tertiary/aromatic N) is 2. The van der Waals surface area contributed by atoms with E-state index in [1.54, 1.807) is 39.1 Å². The van der Waals surface area contributed by atoms with Crippen LogP contribution in [-0.2, 0) is 0 Å². The third kappa shape index (κ3) is 5.03. The van der Waals surface area contributed by atoms with Crippen LogP contribution in [0, 0.1) is 5.82 Å². The maximum absolute atomic E-state index is 13.0. The SMILES string of the molecule is CN(C(=O)c1ccc(F)cc1)c1ccc(NCC(C)(C)O)c(N=CN)c1. The molecule has 0 unspecified atom stereocenters. The molecule has 7 heteroatoms. The van der Waals surface area contributed by atoms with Gasteiger partial charge in [-0.1, -0.05) is 0 Å². The predicted octanol–water partition coefficient (Wildman–Crippen LogP) is 2.90. The Morgan fingerprint density at radius 2 is 1.96 bits per heavy atom. The first kappa shape index (κ1) is 19.4. The van der Waals surface area contributed by atoms with Crippen LogP contribution in [0.5, 0.6) is 0 Å². The average Bonchev–Trinajstić information content (AvgIpc) is 2.59. The van der Waals surface area contributed by atoms with Crippen molar-refractivity contribution in [3.63, 3.8) is 0 Å². The van der Waals surface area contributed by atoms with Crippen LogP contribution < -0.4 is 16.0 Å². The summed E-state index contributed by atoms with van der Waals surface area (Å²) in [7, 11) is 1.63. The van der Waals surface area contributed by atoms with Gasteiger partial charge in [0.1, 0.15) is 5.82 Å². The van der Waals surface area contributed by atoms with Crippen molar-refractivity contribution in [1.82, 2.24) is 0 Å². The molecule has 2 aromatic carbocycles. The lowest BCUT2D eigenvalue weighted by Crippen LogP contribution is -2.29. The number of amides is 1. The highest BCUT2D eigenvalue weighted by atomic mass is 19.1. The van der Waals surface area contributed by atoms with Crippen LogP contribution in [0.15, 0.2) is 47.5 Å². The van der Waals surface area contributed by atoms with E-state index < -0.39 is 11.4 Å². The Labute approximate surface area is 152 Å². The van der Waals surface area contributed by atoms with E-state index in [-0.39, 0.29) is 5.91 Å². The molecule has 6 nitrogen and oxygen atoms in total. The van der Waals surface area contributed by atoms with Crippen molar-refractivity contribution < 1.29 is 14.3 Å². The number of aliphatic imine (C=N–C) groups is 1. The Kier molecular flexibility index (Phi) is 5.94. The Bertz CT molecular complexity index is 798. The number of halogens is 1. The second kappa shape index (κ2) is 7.97. The molecule has 1 amide bonds. The van der Waals surface area contributed by atoms with Gasteiger partial charge in [0, 0.05) is 24.8 Å². The zero-order valence-corrected chi connectivity index (χ0v) is 15.0. The van der Waals surface area contributed by atoms with Crippen LogP contribution in [0.25, 0.3) is 0 Å². The minimum Gasteiger partial charge on any atom is -0.390 e. The van der Waals surface area contributed by atoms with Gasteiger partial charge in [-0.25, -0.2) is 9.38 Å². The van der Waals surface area contributed by atoms with Crippen molar-refractivity contribution in [3.05, 3.63) is 53.8 Å². The van der Waals surface area contributed by atoms with Crippen LogP contribution >= 0.6 is 0 Å². The van der Waals surface area contributed by atoms with E-state index in [2.05, 4.69) is 10.3 Å². The quantitative estimate of drug-likeness (QED) is 0.547. The second-order valence-electron chi connectivity index (χ2n) is 6.52. The van der Waals surface area contributed by atoms with Gasteiger partial charge in [-0.2, -0.15) is 0 Å². The summed E-state index contributed by atoms with van der Waals surface area (Å²) < 4.78 is 13.0. The van der Waals surface area contributed by atoms with Crippen LogP contribution in [-0.4, -0.2) is 36.5 Å². The monoisotopic (exact) mass is 358 g/mol. The summed E-state index contributed by atoms with van der Waals surface area (Å²) in [5.41, 5.74) is 6.72. The van der Waals surface area contributed by atoms with Gasteiger partial charge in [-0.15, -0.1) is 0 Å². The average molecular weight is 358 g/mol. The zero-order chi connectivity index (χ0) is 19.3. The van der Waals surface area contributed by atoms with Gasteiger partial charge in [-0.3, -0.25) is 4.79 Å². The van der Waals surface area contributed by atoms with Crippen molar-refractivity contribution in [2.45, 2.75) is 19.4 Å². The molecule has 2 aromatic rings. The third-order valence-corrected chi connectivity index (χ3v) is 3.69. The van der Waals surface area contributed by atoms with Crippen LogP contribution in [0.1, 0.15) is 24.2 Å². The number of hydrogen-bond donors (Lipinski definition) is 3. The lowest BCUT2D eigenvalue weighted by molar-refractivity contribution is 0.0944. The predicted molar refractivity (Wildman–Crippen MR) is 103 cm³/mol. The number of aliphatic hydroxyl groups is 1. The summed E-state index contributed by atoms with van der Waals surface area (Å²) in [5, 5.41) is 13.0. The summed E-state index contributed by atoms with van der Waals surface area (Å²) in [6, 6.07) is 10.6. The van der Waals surface area contributed by atoms with E-state index in [1.165, 1.54) is 29.2 Å². The maximum atomic E-state index is 13.0. The minimum atomic E-state index is -0.891. The molecule has 0 aromatic heterocycles. The summed E-state index contributed by atoms with van der Waals surface area (Å²) >= 11 is 0. The first-order chi connectivity index (χ1) is 12.2. The zero-order valence-electron chi connectivity index (χ0n) is 15.0. The molecule has 0 aliphatic heterocycles. The molecular weight excluding hydrogens is 335 g/mol. The summed E-state index contributed by atoms with van der Waals surface area (Å²) in [4.78, 5) is 18.1. The Morgan fingerprint density at radius 1 is 1.31 bits per heavy atom. The molecule has 0 heterocycles. The molecule has 0 saturated carbocycles. The molecule has 138 valence electrons. The van der Waals surface area contributed by atoms with Crippen molar-refractivity contribution in [1.29, 1.82) is 0 Å². The number of carbonyl (C=O) groups is 1. The molecule has 0 aliphatic rings. The van der Waals surface area contributed by atoms with Gasteiger partial charge in [0.2, 0.25) is 0 Å². The number of benzene rings is 2. The number of nitrogens with one attached hydrogen (secondary N) is 1. The Hall–Kier alpha value is -2.93. The van der Waals surface area contributed by atoms with Gasteiger partial charge in [0.15, 0.2) is 0 Å². The number of anilines is 2. The largest absolute Gasteiger partial charge is 0.390 e. The summed E-state index contributed by atoms with van der Waals surface area (Å²) in [5.74, 6) is -0.670. The maximum Gasteiger partial charge on any atom is 0.258 e. The lowest BCUT2D eigenvalue weighted by atomic mass is 10.1. The van der Waals surface area contributed by atoms with Crippen molar-refractivity contribution in [2.24, 2.45) is 10.7 Å². The second-order valence-corrected chi connectivity index (χ2v) is 6.52. The molecule has 0 fully saturated rings. The fourth-order valence-electron chi connectivity index (χ4n) is 2.28. The molecular formula is C19H23FN4O2. The molecule has 0 saturated heterocycles. The van der Waals surface area contributed by atoms with Gasteiger partial charge < -0.3 is 21.1 Å². The molecule has 0 spiro atoms. The van der Waals surface area contributed by atoms with E-state index >= 15 is 0 Å². The standard InChI is InChI=1S/C19H23FN4O2/c1-19(2,26)11-22-16-9-8-15(10-17(16)23-12-21)24(3)18(25)13-4-6-14(20)7-5-13/h4-10,12,22,26H,11H2,1-3H3,(H2,21,23). The Morgan fingerprint density at radius 3 is 2.54 bits per heavy atom. The van der Waals surface area contributed by atoms with Gasteiger partial charge in [0.25, 0.3) is 5.91 Å². The molecule has 0 aliphatic carbocycles. The lowest BCUT2D eigenvalue weighted by Gasteiger charge is -2.21. The van der Waals surface area contributed by atoms with Crippen LogP contribution in [0.4, 0.5) is 21.5 Å². The first-order valence-electron chi connectivity index (χ1n) is 8.09. The van der Waals surface area contributed by atoms with Crippen LogP contribution in [0.2, 0.25) is 0 Å². The van der Waals surface area contributed by atoms with Gasteiger partial charge in [0.05, 0.1) is 23.3 Å². The number of carbonyl (C=O) groups excluding carboxylic acids is 1. The smallest absolute Gasteiger partial charge is 0.258 e. The van der Waals surface area contributed by atoms with Crippen LogP contribution in [0.3, 0.4) is 0 Å². The van der Waals surface area contributed by atoms with E-state index in [1.807, 2.05) is 0 Å². The molecule has 2 rings (SSSR count). The highest BCUT2D eigenvalue weighted by molar-refractivity contribution is 6.06. The van der Waals surface area contributed by atoms with E-state index in [9.17, 15) is 14.3 Å². The normalized spacial score (nSPS) is 11.6. The minimum absolute atomic E-state index is 0.273. The molecule has 0 radical (unpaired) electrons. The first-order valence-corrected chi connectivity index (χ1v) is 8.09. The fourth-order valence-corrected chi connectivity index (χ4v) is 2.28. The fraction of sp³-hybridized carbons (Fsp3) is 0.263. The third-order valence-electron chi connectivity index (χ3n) is 3.69. The van der Waals surface area contributed by atoms with Crippen molar-refractivity contribution in [2.75, 3.05) is 23.8 Å². The van der Waals surface area contributed by atoms with E-state index in [4.69, 9.17) is 5.73 Å². The number of hydrogen-bond acceptors (Lipinski definition) is 4. The molecule has 0 bridgehead atoms. The molecule has 4 N–H and O–H groups in total. The summed E-state index contributed by atoms with van der Waals surface area (Å²) in [6.07, 6.45) is 1.16. The molecule has 26 heavy (non-hydrogen) atoms. The number of rotatable bonds is 6. The van der Waals surface area contributed by atoms with Gasteiger partial charge >= 0.3 is 0 Å². The van der Waals surface area contributed by atoms with Crippen molar-refractivity contribution in [3.8, 4) is 0 Å². The van der Waals surface area contributed by atoms with E-state index in [0.717, 1.165) is 6.34 Å². The van der Waals surface area contributed by atoms with Crippen molar-refractivity contribution >= 4 is 29.3 Å². The number of nitrogens with two attached hydrogens (primary N) is 1. The summed E-state index contributed by atoms with van der Waals surface area (Å²) in [6.45, 7) is 3.70.